The molecule has 68 valence electrons. The fraction of sp³-hybridized carbons (Fsp3) is 0.667. The van der Waals surface area contributed by atoms with Crippen LogP contribution in [0.3, 0.4) is 0 Å². The van der Waals surface area contributed by atoms with Crippen molar-refractivity contribution in [3.8, 4) is 0 Å². The second kappa shape index (κ2) is 3.54. The molecule has 1 N–H and O–H groups in total. The monoisotopic (exact) mass is 185 g/mol. The zero-order valence-corrected chi connectivity index (χ0v) is 8.61. The van der Waals surface area contributed by atoms with Crippen LogP contribution >= 0.6 is 11.3 Å². The number of hydrogen-bond donors (Lipinski definition) is 1. The number of hydrogen-bond acceptors (Lipinski definition) is 3. The average Bonchev–Trinajstić information content (AvgIpc) is 2.35. The summed E-state index contributed by atoms with van der Waals surface area (Å²) in [5, 5.41) is 12.8. The quantitative estimate of drug-likeness (QED) is 0.782. The molecule has 3 heteroatoms. The maximum absolute atomic E-state index is 9.75. The van der Waals surface area contributed by atoms with Gasteiger partial charge in [-0.1, -0.05) is 6.92 Å². The summed E-state index contributed by atoms with van der Waals surface area (Å²) in [5.41, 5.74) is 0.407. The second-order valence-electron chi connectivity index (χ2n) is 3.39. The van der Waals surface area contributed by atoms with Gasteiger partial charge in [0, 0.05) is 11.8 Å². The molecule has 0 fully saturated rings. The summed E-state index contributed by atoms with van der Waals surface area (Å²) < 4.78 is 0. The van der Waals surface area contributed by atoms with E-state index in [0.717, 1.165) is 17.1 Å². The van der Waals surface area contributed by atoms with Gasteiger partial charge in [0.25, 0.3) is 0 Å². The minimum absolute atomic E-state index is 0.597. The smallest absolute Gasteiger partial charge is 0.0897 e. The molecule has 0 aliphatic rings. The van der Waals surface area contributed by atoms with E-state index in [0.29, 0.717) is 6.42 Å². The Hall–Kier alpha value is -0.410. The topological polar surface area (TPSA) is 33.1 Å². The number of thiazole rings is 1. The number of rotatable bonds is 3. The van der Waals surface area contributed by atoms with Crippen LogP contribution in [0, 0.1) is 6.92 Å². The highest BCUT2D eigenvalue weighted by Gasteiger charge is 2.19. The Kier molecular flexibility index (Phi) is 2.85. The molecule has 1 rings (SSSR count). The van der Waals surface area contributed by atoms with Gasteiger partial charge >= 0.3 is 0 Å². The molecule has 0 spiro atoms. The van der Waals surface area contributed by atoms with Gasteiger partial charge < -0.3 is 5.11 Å². The van der Waals surface area contributed by atoms with Gasteiger partial charge in [-0.25, -0.2) is 4.98 Å². The van der Waals surface area contributed by atoms with Crippen LogP contribution in [-0.4, -0.2) is 15.7 Å². The second-order valence-corrected chi connectivity index (χ2v) is 4.45. The molecule has 0 saturated carbocycles. The average molecular weight is 185 g/mol. The first kappa shape index (κ1) is 9.68. The molecule has 1 atom stereocenters. The Morgan fingerprint density at radius 2 is 2.33 bits per heavy atom. The Bertz CT molecular complexity index is 255. The van der Waals surface area contributed by atoms with E-state index in [9.17, 15) is 5.11 Å². The van der Waals surface area contributed by atoms with Crippen LogP contribution in [0.5, 0.6) is 0 Å². The van der Waals surface area contributed by atoms with Crippen molar-refractivity contribution in [1.29, 1.82) is 0 Å². The van der Waals surface area contributed by atoms with Crippen LogP contribution in [0.4, 0.5) is 0 Å². The summed E-state index contributed by atoms with van der Waals surface area (Å²) in [4.78, 5) is 4.30. The fourth-order valence-corrected chi connectivity index (χ4v) is 1.62. The van der Waals surface area contributed by atoms with Crippen LogP contribution in [0.15, 0.2) is 5.38 Å². The van der Waals surface area contributed by atoms with E-state index in [1.807, 2.05) is 26.2 Å². The predicted molar refractivity (Wildman–Crippen MR) is 51.5 cm³/mol. The molecule has 12 heavy (non-hydrogen) atoms. The third-order valence-corrected chi connectivity index (χ3v) is 2.81. The normalized spacial score (nSPS) is 16.0. The van der Waals surface area contributed by atoms with Gasteiger partial charge in [-0.15, -0.1) is 11.3 Å². The molecule has 1 aromatic heterocycles. The first-order valence-corrected chi connectivity index (χ1v) is 5.05. The molecule has 0 amide bonds. The standard InChI is InChI=1S/C9H15NOS/c1-4-9(3,11)5-8-6-12-7(2)10-8/h6,11H,4-5H2,1-3H3. The van der Waals surface area contributed by atoms with Crippen LogP contribution in [0.25, 0.3) is 0 Å². The Morgan fingerprint density at radius 3 is 2.75 bits per heavy atom. The summed E-state index contributed by atoms with van der Waals surface area (Å²) in [5.74, 6) is 0. The van der Waals surface area contributed by atoms with Gasteiger partial charge in [-0.2, -0.15) is 0 Å². The summed E-state index contributed by atoms with van der Waals surface area (Å²) in [6.07, 6.45) is 1.43. The fourth-order valence-electron chi connectivity index (χ4n) is 1.00. The molecule has 0 saturated heterocycles. The lowest BCUT2D eigenvalue weighted by molar-refractivity contribution is 0.0556. The molecule has 1 heterocycles. The SMILES string of the molecule is CCC(C)(O)Cc1csc(C)n1. The Labute approximate surface area is 77.3 Å². The van der Waals surface area contributed by atoms with Gasteiger partial charge in [-0.3, -0.25) is 0 Å². The Balaban J connectivity index is 2.63. The van der Waals surface area contributed by atoms with Crippen molar-refractivity contribution in [3.05, 3.63) is 16.1 Å². The van der Waals surface area contributed by atoms with Crippen molar-refractivity contribution in [3.63, 3.8) is 0 Å². The van der Waals surface area contributed by atoms with Crippen molar-refractivity contribution in [2.75, 3.05) is 0 Å². The maximum Gasteiger partial charge on any atom is 0.0897 e. The largest absolute Gasteiger partial charge is 0.390 e. The summed E-state index contributed by atoms with van der Waals surface area (Å²) in [6.45, 7) is 5.82. The van der Waals surface area contributed by atoms with Gasteiger partial charge in [0.05, 0.1) is 16.3 Å². The zero-order chi connectivity index (χ0) is 9.19. The van der Waals surface area contributed by atoms with Crippen LogP contribution < -0.4 is 0 Å². The summed E-state index contributed by atoms with van der Waals surface area (Å²) in [6, 6.07) is 0. The highest BCUT2D eigenvalue weighted by molar-refractivity contribution is 7.09. The number of aryl methyl sites for hydroxylation is 1. The third-order valence-electron chi connectivity index (χ3n) is 1.99. The number of aliphatic hydroxyl groups is 1. The minimum atomic E-state index is -0.597. The van der Waals surface area contributed by atoms with Gasteiger partial charge in [0.15, 0.2) is 0 Å². The van der Waals surface area contributed by atoms with Crippen LogP contribution in [-0.2, 0) is 6.42 Å². The number of aromatic nitrogens is 1. The van der Waals surface area contributed by atoms with Gasteiger partial charge in [0.2, 0.25) is 0 Å². The highest BCUT2D eigenvalue weighted by Crippen LogP contribution is 2.17. The third kappa shape index (κ3) is 2.57. The van der Waals surface area contributed by atoms with Gasteiger partial charge in [0.1, 0.15) is 0 Å². The van der Waals surface area contributed by atoms with Crippen molar-refractivity contribution in [1.82, 2.24) is 4.98 Å². The molecule has 0 aliphatic heterocycles. The molecule has 1 unspecified atom stereocenters. The minimum Gasteiger partial charge on any atom is -0.390 e. The summed E-state index contributed by atoms with van der Waals surface area (Å²) >= 11 is 1.63. The van der Waals surface area contributed by atoms with Crippen molar-refractivity contribution in [2.45, 2.75) is 39.2 Å². The maximum atomic E-state index is 9.75. The molecule has 0 radical (unpaired) electrons. The molecule has 2 nitrogen and oxygen atoms in total. The zero-order valence-electron chi connectivity index (χ0n) is 7.79. The van der Waals surface area contributed by atoms with E-state index < -0.39 is 5.60 Å². The first-order valence-electron chi connectivity index (χ1n) is 4.17. The number of nitrogens with zero attached hydrogens (tertiary/aromatic N) is 1. The molecular weight excluding hydrogens is 170 g/mol. The molecule has 0 aromatic carbocycles. The van der Waals surface area contributed by atoms with Gasteiger partial charge in [-0.05, 0) is 20.3 Å². The van der Waals surface area contributed by atoms with Crippen LogP contribution in [0.1, 0.15) is 31.0 Å². The first-order chi connectivity index (χ1) is 5.53. The Morgan fingerprint density at radius 1 is 1.67 bits per heavy atom. The molecular formula is C9H15NOS. The van der Waals surface area contributed by atoms with Crippen LogP contribution in [0.2, 0.25) is 0 Å². The summed E-state index contributed by atoms with van der Waals surface area (Å²) in [7, 11) is 0. The van der Waals surface area contributed by atoms with E-state index in [2.05, 4.69) is 4.98 Å². The van der Waals surface area contributed by atoms with E-state index >= 15 is 0 Å². The van der Waals surface area contributed by atoms with E-state index in [4.69, 9.17) is 0 Å². The van der Waals surface area contributed by atoms with E-state index in [-0.39, 0.29) is 0 Å². The van der Waals surface area contributed by atoms with E-state index in [1.54, 1.807) is 11.3 Å². The molecule has 0 bridgehead atoms. The van der Waals surface area contributed by atoms with Crippen molar-refractivity contribution < 1.29 is 5.11 Å². The lowest BCUT2D eigenvalue weighted by Crippen LogP contribution is -2.25. The predicted octanol–water partition coefficient (Wildman–Crippen LogP) is 2.16. The van der Waals surface area contributed by atoms with Crippen molar-refractivity contribution >= 4 is 11.3 Å². The lowest BCUT2D eigenvalue weighted by atomic mass is 9.98. The van der Waals surface area contributed by atoms with Crippen molar-refractivity contribution in [2.24, 2.45) is 0 Å². The van der Waals surface area contributed by atoms with E-state index in [1.165, 1.54) is 0 Å². The molecule has 1 aromatic rings. The lowest BCUT2D eigenvalue weighted by Gasteiger charge is -2.19. The highest BCUT2D eigenvalue weighted by atomic mass is 32.1. The molecule has 0 aliphatic carbocycles.